The van der Waals surface area contributed by atoms with Gasteiger partial charge in [0.05, 0.1) is 16.3 Å². The van der Waals surface area contributed by atoms with E-state index in [1.807, 2.05) is 4.90 Å². The first-order chi connectivity index (χ1) is 15.8. The van der Waals surface area contributed by atoms with E-state index in [0.29, 0.717) is 33.9 Å². The van der Waals surface area contributed by atoms with Crippen LogP contribution < -0.4 is 15.4 Å². The van der Waals surface area contributed by atoms with Crippen LogP contribution in [0.1, 0.15) is 41.7 Å². The van der Waals surface area contributed by atoms with Gasteiger partial charge in [-0.3, -0.25) is 5.41 Å². The molecule has 33 heavy (non-hydrogen) atoms. The van der Waals surface area contributed by atoms with Crippen molar-refractivity contribution in [2.24, 2.45) is 0 Å². The minimum atomic E-state index is -0.839. The number of hydrogen-bond acceptors (Lipinski definition) is 7. The number of aromatic nitrogens is 2. The zero-order valence-corrected chi connectivity index (χ0v) is 19.1. The number of nitrogens with zero attached hydrogens (tertiary/aromatic N) is 4. The van der Waals surface area contributed by atoms with E-state index in [9.17, 15) is 9.65 Å². The molecular weight excluding hydrogens is 466 g/mol. The summed E-state index contributed by atoms with van der Waals surface area (Å²) in [6, 6.07) is 8.64. The number of pyridine rings is 2. The highest BCUT2D eigenvalue weighted by molar-refractivity contribution is 6.35. The fourth-order valence-corrected chi connectivity index (χ4v) is 4.18. The summed E-state index contributed by atoms with van der Waals surface area (Å²) in [5.41, 5.74) is 8.11. The lowest BCUT2D eigenvalue weighted by molar-refractivity contribution is 0.226. The smallest absolute Gasteiger partial charge is 0.232 e. The molecule has 1 aromatic carbocycles. The van der Waals surface area contributed by atoms with E-state index in [2.05, 4.69) is 16.0 Å². The van der Waals surface area contributed by atoms with E-state index < -0.39 is 12.1 Å². The lowest BCUT2D eigenvalue weighted by atomic mass is 10.00. The Bertz CT molecular complexity index is 1290. The molecule has 3 N–H and O–H groups in total. The van der Waals surface area contributed by atoms with Crippen molar-refractivity contribution in [2.75, 3.05) is 23.7 Å². The molecular formula is C23H19Cl2FN6O. The van der Waals surface area contributed by atoms with Gasteiger partial charge in [-0.2, -0.15) is 9.65 Å². The second-order valence-electron chi connectivity index (χ2n) is 7.56. The first kappa shape index (κ1) is 22.8. The summed E-state index contributed by atoms with van der Waals surface area (Å²) in [5.74, 6) is 0.165. The largest absolute Gasteiger partial charge is 0.486 e. The molecule has 1 saturated heterocycles. The third kappa shape index (κ3) is 4.42. The molecule has 1 fully saturated rings. The van der Waals surface area contributed by atoms with E-state index in [0.717, 1.165) is 19.5 Å². The average Bonchev–Trinajstić information content (AvgIpc) is 2.76. The van der Waals surface area contributed by atoms with E-state index in [1.165, 1.54) is 6.20 Å². The molecule has 7 nitrogen and oxygen atoms in total. The Labute approximate surface area is 200 Å². The maximum Gasteiger partial charge on any atom is 0.232 e. The maximum atomic E-state index is 13.8. The molecule has 0 radical (unpaired) electrons. The first-order valence-electron chi connectivity index (χ1n) is 10.1. The van der Waals surface area contributed by atoms with Gasteiger partial charge >= 0.3 is 0 Å². The average molecular weight is 485 g/mol. The summed E-state index contributed by atoms with van der Waals surface area (Å²) in [6.07, 6.45) is 3.10. The number of nitrogen functional groups attached to an aromatic ring is 1. The molecule has 0 amide bonds. The van der Waals surface area contributed by atoms with Crippen LogP contribution in [0.3, 0.4) is 0 Å². The summed E-state index contributed by atoms with van der Waals surface area (Å²) >= 11 is 12.2. The van der Waals surface area contributed by atoms with Crippen LogP contribution in [0.4, 0.5) is 15.9 Å². The third-order valence-electron chi connectivity index (χ3n) is 5.41. The standard InChI is InChI=1S/C23H19Cl2FN6O/c1-12(19-17(24)11-30-22(26)20(19)25)33-15-3-4-18(28)16(8-15)21(29)14-7-13(9-27)23(31-10-14)32-5-2-6-32/h3-4,7-8,10-12,29H,2,5-6,28H2,1H3. The Hall–Kier alpha value is -3.41. The summed E-state index contributed by atoms with van der Waals surface area (Å²) < 4.78 is 19.7. The fourth-order valence-electron chi connectivity index (χ4n) is 3.53. The quantitative estimate of drug-likeness (QED) is 0.284. The molecule has 3 heterocycles. The van der Waals surface area contributed by atoms with Gasteiger partial charge in [-0.1, -0.05) is 23.2 Å². The summed E-state index contributed by atoms with van der Waals surface area (Å²) in [6.45, 7) is 3.39. The highest BCUT2D eigenvalue weighted by Crippen LogP contribution is 2.35. The zero-order chi connectivity index (χ0) is 23.7. The molecule has 1 aliphatic rings. The molecule has 0 aliphatic carbocycles. The summed E-state index contributed by atoms with van der Waals surface area (Å²) in [5, 5.41) is 18.2. The molecule has 0 spiro atoms. The summed E-state index contributed by atoms with van der Waals surface area (Å²) in [4.78, 5) is 9.92. The van der Waals surface area contributed by atoms with Crippen LogP contribution >= 0.6 is 23.2 Å². The van der Waals surface area contributed by atoms with Crippen LogP contribution in [0.5, 0.6) is 5.75 Å². The first-order valence-corrected chi connectivity index (χ1v) is 10.9. The predicted octanol–water partition coefficient (Wildman–Crippen LogP) is 5.14. The molecule has 1 aliphatic heterocycles. The molecule has 168 valence electrons. The number of nitriles is 1. The molecule has 0 bridgehead atoms. The lowest BCUT2D eigenvalue weighted by Gasteiger charge is -2.32. The second kappa shape index (κ2) is 9.22. The van der Waals surface area contributed by atoms with Gasteiger partial charge in [0.1, 0.15) is 28.8 Å². The molecule has 2 aromatic heterocycles. The number of ether oxygens (including phenoxy) is 1. The van der Waals surface area contributed by atoms with E-state index >= 15 is 0 Å². The van der Waals surface area contributed by atoms with Crippen molar-refractivity contribution < 1.29 is 9.13 Å². The van der Waals surface area contributed by atoms with Crippen LogP contribution in [0.2, 0.25) is 10.0 Å². The van der Waals surface area contributed by atoms with Crippen LogP contribution in [0, 0.1) is 22.7 Å². The normalized spacial score (nSPS) is 13.7. The summed E-state index contributed by atoms with van der Waals surface area (Å²) in [7, 11) is 0. The number of nitrogens with one attached hydrogen (secondary N) is 1. The number of anilines is 2. The minimum Gasteiger partial charge on any atom is -0.486 e. The molecule has 0 saturated carbocycles. The Morgan fingerprint density at radius 1 is 1.27 bits per heavy atom. The monoisotopic (exact) mass is 484 g/mol. The molecule has 4 rings (SSSR count). The number of nitrogens with two attached hydrogens (primary N) is 1. The third-order valence-corrected chi connectivity index (χ3v) is 6.07. The van der Waals surface area contributed by atoms with Crippen LogP contribution in [0.15, 0.2) is 36.7 Å². The Morgan fingerprint density at radius 2 is 2.03 bits per heavy atom. The predicted molar refractivity (Wildman–Crippen MR) is 126 cm³/mol. The van der Waals surface area contributed by atoms with Gasteiger partial charge in [0.25, 0.3) is 0 Å². The maximum absolute atomic E-state index is 13.8. The van der Waals surface area contributed by atoms with Gasteiger partial charge in [0, 0.05) is 47.9 Å². The zero-order valence-electron chi connectivity index (χ0n) is 17.6. The van der Waals surface area contributed by atoms with Crippen molar-refractivity contribution in [1.29, 1.82) is 10.7 Å². The van der Waals surface area contributed by atoms with Gasteiger partial charge in [-0.05, 0) is 37.6 Å². The van der Waals surface area contributed by atoms with Crippen molar-refractivity contribution in [3.8, 4) is 11.8 Å². The minimum absolute atomic E-state index is 0.0933. The van der Waals surface area contributed by atoms with Gasteiger partial charge in [0.2, 0.25) is 5.95 Å². The van der Waals surface area contributed by atoms with Gasteiger partial charge in [-0.15, -0.1) is 0 Å². The van der Waals surface area contributed by atoms with Gasteiger partial charge < -0.3 is 15.4 Å². The highest BCUT2D eigenvalue weighted by Gasteiger charge is 2.22. The fraction of sp³-hybridized carbons (Fsp3) is 0.217. The molecule has 1 unspecified atom stereocenters. The van der Waals surface area contributed by atoms with Gasteiger partial charge in [-0.25, -0.2) is 9.97 Å². The van der Waals surface area contributed by atoms with E-state index in [1.54, 1.807) is 37.4 Å². The van der Waals surface area contributed by atoms with Gasteiger partial charge in [0.15, 0.2) is 0 Å². The van der Waals surface area contributed by atoms with Crippen molar-refractivity contribution in [1.82, 2.24) is 9.97 Å². The topological polar surface area (TPSA) is 112 Å². The molecule has 1 atom stereocenters. The van der Waals surface area contributed by atoms with Crippen molar-refractivity contribution in [2.45, 2.75) is 19.4 Å². The van der Waals surface area contributed by atoms with Crippen LogP contribution in [-0.4, -0.2) is 28.8 Å². The number of hydrogen-bond donors (Lipinski definition) is 2. The van der Waals surface area contributed by atoms with E-state index in [4.69, 9.17) is 39.1 Å². The Morgan fingerprint density at radius 3 is 2.70 bits per heavy atom. The number of benzene rings is 1. The Kier molecular flexibility index (Phi) is 6.36. The highest BCUT2D eigenvalue weighted by atomic mass is 35.5. The molecule has 10 heteroatoms. The van der Waals surface area contributed by atoms with E-state index in [-0.39, 0.29) is 21.3 Å². The SMILES string of the molecule is CC(Oc1ccc(N)c(C(=N)c2cnc(N3CCC3)c(C#N)c2)c1)c1c(Cl)cnc(F)c1Cl. The Balaban J connectivity index is 1.62. The van der Waals surface area contributed by atoms with Crippen LogP contribution in [-0.2, 0) is 0 Å². The number of halogens is 3. The van der Waals surface area contributed by atoms with Crippen LogP contribution in [0.25, 0.3) is 0 Å². The second-order valence-corrected chi connectivity index (χ2v) is 8.34. The van der Waals surface area contributed by atoms with Crippen molar-refractivity contribution in [3.05, 3.63) is 74.9 Å². The van der Waals surface area contributed by atoms with Crippen molar-refractivity contribution >= 4 is 40.4 Å². The molecule has 3 aromatic rings. The van der Waals surface area contributed by atoms with Crippen molar-refractivity contribution in [3.63, 3.8) is 0 Å². The lowest BCUT2D eigenvalue weighted by Crippen LogP contribution is -2.38. The number of rotatable bonds is 6.